The average molecular weight is 314 g/mol. The molecule has 1 unspecified atom stereocenters. The normalized spacial score (nSPS) is 14.0. The number of benzene rings is 1. The highest BCUT2D eigenvalue weighted by Gasteiger charge is 2.13. The molecular weight excluding hydrogens is 302 g/mol. The summed E-state index contributed by atoms with van der Waals surface area (Å²) in [4.78, 5) is 8.75. The number of rotatable bonds is 4. The first kappa shape index (κ1) is 14.3. The van der Waals surface area contributed by atoms with Crippen LogP contribution in [0.4, 0.5) is 0 Å². The van der Waals surface area contributed by atoms with Gasteiger partial charge in [0.2, 0.25) is 0 Å². The summed E-state index contributed by atoms with van der Waals surface area (Å²) >= 11 is 7.24. The fourth-order valence-electron chi connectivity index (χ4n) is 1.54. The summed E-state index contributed by atoms with van der Waals surface area (Å²) in [6.07, 6.45) is 1.84. The number of hydrogen-bond acceptors (Lipinski definition) is 5. The predicted octanol–water partition coefficient (Wildman–Crippen LogP) is 3.46. The molecule has 0 amide bonds. The molecule has 1 atom stereocenters. The van der Waals surface area contributed by atoms with Crippen molar-refractivity contribution in [2.45, 2.75) is 15.8 Å². The minimum absolute atomic E-state index is 0.0345. The zero-order valence-electron chi connectivity index (χ0n) is 10.2. The minimum atomic E-state index is -2.91. The molecule has 19 heavy (non-hydrogen) atoms. The average Bonchev–Trinajstić information content (AvgIpc) is 2.38. The van der Waals surface area contributed by atoms with Gasteiger partial charge < -0.3 is 0 Å². The van der Waals surface area contributed by atoms with E-state index in [0.29, 0.717) is 20.9 Å². The topological polar surface area (TPSA) is 66.7 Å². The SMILES string of the molecule is CSc1nc(Cl)cc(CS(=N)(=O)c2ccccc2)n1. The Hall–Kier alpha value is -1.11. The molecule has 0 spiro atoms. The van der Waals surface area contributed by atoms with Crippen molar-refractivity contribution in [3.63, 3.8) is 0 Å². The van der Waals surface area contributed by atoms with E-state index in [1.165, 1.54) is 11.8 Å². The third-order valence-electron chi connectivity index (χ3n) is 2.39. The molecule has 0 bridgehead atoms. The standard InChI is InChI=1S/C12H12ClN3OS2/c1-18-12-15-9(7-11(13)16-12)8-19(14,17)10-5-3-2-4-6-10/h2-7,14H,8H2,1H3. The molecule has 1 N–H and O–H groups in total. The van der Waals surface area contributed by atoms with Crippen LogP contribution in [0.1, 0.15) is 5.69 Å². The molecule has 2 rings (SSSR count). The molecule has 1 heterocycles. The summed E-state index contributed by atoms with van der Waals surface area (Å²) in [5.74, 6) is 0.0345. The predicted molar refractivity (Wildman–Crippen MR) is 78.1 cm³/mol. The highest BCUT2D eigenvalue weighted by Crippen LogP contribution is 2.19. The second-order valence-electron chi connectivity index (χ2n) is 3.80. The van der Waals surface area contributed by atoms with Crippen molar-refractivity contribution in [2.75, 3.05) is 6.26 Å². The van der Waals surface area contributed by atoms with Gasteiger partial charge in [0.1, 0.15) is 5.15 Å². The van der Waals surface area contributed by atoms with Gasteiger partial charge in [0.25, 0.3) is 0 Å². The van der Waals surface area contributed by atoms with Crippen molar-refractivity contribution in [3.8, 4) is 0 Å². The molecule has 0 aliphatic rings. The number of nitrogens with zero attached hydrogens (tertiary/aromatic N) is 2. The second kappa shape index (κ2) is 5.90. The van der Waals surface area contributed by atoms with Crippen LogP contribution in [0.2, 0.25) is 5.15 Å². The minimum Gasteiger partial charge on any atom is -0.249 e. The van der Waals surface area contributed by atoms with Crippen LogP contribution in [0.15, 0.2) is 46.5 Å². The molecule has 0 aliphatic carbocycles. The zero-order valence-corrected chi connectivity index (χ0v) is 12.6. The molecular formula is C12H12ClN3OS2. The van der Waals surface area contributed by atoms with Crippen LogP contribution in [0.5, 0.6) is 0 Å². The maximum Gasteiger partial charge on any atom is 0.188 e. The lowest BCUT2D eigenvalue weighted by Gasteiger charge is -2.08. The molecule has 0 saturated carbocycles. The molecule has 0 radical (unpaired) electrons. The fraction of sp³-hybridized carbons (Fsp3) is 0.167. The Morgan fingerprint density at radius 1 is 1.32 bits per heavy atom. The molecule has 100 valence electrons. The molecule has 7 heteroatoms. The molecule has 1 aromatic heterocycles. The summed E-state index contributed by atoms with van der Waals surface area (Å²) in [5, 5.41) is 0.823. The summed E-state index contributed by atoms with van der Waals surface area (Å²) in [5.41, 5.74) is 0.521. The van der Waals surface area contributed by atoms with Crippen molar-refractivity contribution in [3.05, 3.63) is 47.2 Å². The largest absolute Gasteiger partial charge is 0.249 e. The van der Waals surface area contributed by atoms with Gasteiger partial charge in [-0.05, 0) is 24.5 Å². The number of halogens is 1. The lowest BCUT2D eigenvalue weighted by atomic mass is 10.4. The quantitative estimate of drug-likeness (QED) is 0.533. The number of hydrogen-bond donors (Lipinski definition) is 1. The van der Waals surface area contributed by atoms with Crippen LogP contribution in [-0.4, -0.2) is 20.4 Å². The maximum atomic E-state index is 12.4. The van der Waals surface area contributed by atoms with E-state index in [1.54, 1.807) is 30.3 Å². The number of aromatic nitrogens is 2. The monoisotopic (exact) mass is 313 g/mol. The first-order valence-electron chi connectivity index (χ1n) is 5.40. The lowest BCUT2D eigenvalue weighted by Crippen LogP contribution is -2.05. The van der Waals surface area contributed by atoms with Crippen LogP contribution < -0.4 is 0 Å². The van der Waals surface area contributed by atoms with E-state index in [0.717, 1.165) is 0 Å². The van der Waals surface area contributed by atoms with Crippen LogP contribution in [0.25, 0.3) is 0 Å². The molecule has 0 fully saturated rings. The molecule has 2 aromatic rings. The van der Waals surface area contributed by atoms with Crippen molar-refractivity contribution >= 4 is 33.1 Å². The van der Waals surface area contributed by atoms with Gasteiger partial charge in [-0.15, -0.1) is 0 Å². The van der Waals surface area contributed by atoms with Crippen molar-refractivity contribution in [1.82, 2.24) is 9.97 Å². The van der Waals surface area contributed by atoms with Gasteiger partial charge in [-0.2, -0.15) is 0 Å². The molecule has 0 aliphatic heterocycles. The molecule has 0 saturated heterocycles. The summed E-state index contributed by atoms with van der Waals surface area (Å²) in [6, 6.07) is 10.3. The van der Waals surface area contributed by atoms with E-state index in [4.69, 9.17) is 16.4 Å². The summed E-state index contributed by atoms with van der Waals surface area (Å²) in [6.45, 7) is 0. The van der Waals surface area contributed by atoms with Gasteiger partial charge in [0.15, 0.2) is 5.16 Å². The Morgan fingerprint density at radius 2 is 2.00 bits per heavy atom. The number of thioether (sulfide) groups is 1. The second-order valence-corrected chi connectivity index (χ2v) is 7.07. The van der Waals surface area contributed by atoms with Gasteiger partial charge in [-0.3, -0.25) is 0 Å². The summed E-state index contributed by atoms with van der Waals surface area (Å²) in [7, 11) is -2.91. The van der Waals surface area contributed by atoms with E-state index < -0.39 is 9.73 Å². The number of nitrogens with one attached hydrogen (secondary N) is 1. The summed E-state index contributed by atoms with van der Waals surface area (Å²) < 4.78 is 20.4. The van der Waals surface area contributed by atoms with Crippen molar-refractivity contribution in [1.29, 1.82) is 4.78 Å². The van der Waals surface area contributed by atoms with Gasteiger partial charge in [-0.25, -0.2) is 19.0 Å². The Kier molecular flexibility index (Phi) is 4.44. The maximum absolute atomic E-state index is 12.4. The van der Waals surface area contributed by atoms with Gasteiger partial charge in [0, 0.05) is 4.90 Å². The van der Waals surface area contributed by atoms with E-state index in [1.807, 2.05) is 12.3 Å². The molecule has 1 aromatic carbocycles. The highest BCUT2D eigenvalue weighted by atomic mass is 35.5. The fourth-order valence-corrected chi connectivity index (χ4v) is 3.52. The third-order valence-corrected chi connectivity index (χ3v) is 4.86. The van der Waals surface area contributed by atoms with Crippen LogP contribution in [0, 0.1) is 4.78 Å². The van der Waals surface area contributed by atoms with E-state index in [-0.39, 0.29) is 5.75 Å². The smallest absolute Gasteiger partial charge is 0.188 e. The molecule has 4 nitrogen and oxygen atoms in total. The Balaban J connectivity index is 2.33. The van der Waals surface area contributed by atoms with Crippen LogP contribution >= 0.6 is 23.4 Å². The van der Waals surface area contributed by atoms with E-state index in [9.17, 15) is 4.21 Å². The lowest BCUT2D eigenvalue weighted by molar-refractivity contribution is 0.673. The Morgan fingerprint density at radius 3 is 2.63 bits per heavy atom. The van der Waals surface area contributed by atoms with E-state index in [2.05, 4.69) is 9.97 Å². The van der Waals surface area contributed by atoms with Crippen LogP contribution in [0.3, 0.4) is 0 Å². The zero-order chi connectivity index (χ0) is 13.9. The Bertz CT molecular complexity index is 675. The highest BCUT2D eigenvalue weighted by molar-refractivity contribution is 7.98. The Labute approximate surface area is 121 Å². The first-order chi connectivity index (χ1) is 9.01. The van der Waals surface area contributed by atoms with Gasteiger partial charge in [0.05, 0.1) is 21.2 Å². The third kappa shape index (κ3) is 3.68. The van der Waals surface area contributed by atoms with Crippen LogP contribution in [-0.2, 0) is 15.5 Å². The van der Waals surface area contributed by atoms with Gasteiger partial charge >= 0.3 is 0 Å². The van der Waals surface area contributed by atoms with Crippen molar-refractivity contribution < 1.29 is 4.21 Å². The van der Waals surface area contributed by atoms with Crippen molar-refractivity contribution in [2.24, 2.45) is 0 Å². The van der Waals surface area contributed by atoms with E-state index >= 15 is 0 Å². The first-order valence-corrected chi connectivity index (χ1v) is 8.73. The van der Waals surface area contributed by atoms with Gasteiger partial charge in [-0.1, -0.05) is 41.6 Å².